The van der Waals surface area contributed by atoms with Gasteiger partial charge >= 0.3 is 11.7 Å². The van der Waals surface area contributed by atoms with Crippen molar-refractivity contribution in [3.63, 3.8) is 0 Å². The molecule has 3 N–H and O–H groups in total. The van der Waals surface area contributed by atoms with Crippen molar-refractivity contribution in [2.24, 2.45) is 14.1 Å². The normalized spacial score (nSPS) is 12.2. The van der Waals surface area contributed by atoms with Crippen LogP contribution >= 0.6 is 0 Å². The van der Waals surface area contributed by atoms with E-state index in [1.807, 2.05) is 30.3 Å². The number of rotatable bonds is 5. The van der Waals surface area contributed by atoms with E-state index in [0.29, 0.717) is 0 Å². The zero-order valence-corrected chi connectivity index (χ0v) is 13.7. The molecule has 0 bridgehead atoms. The molecule has 1 aromatic carbocycles. The van der Waals surface area contributed by atoms with Gasteiger partial charge in [-0.3, -0.25) is 14.3 Å². The van der Waals surface area contributed by atoms with E-state index in [1.165, 1.54) is 16.2 Å². The molecular formula is C16H17N5O4. The van der Waals surface area contributed by atoms with Crippen molar-refractivity contribution in [1.82, 2.24) is 19.1 Å². The highest BCUT2D eigenvalue weighted by molar-refractivity contribution is 5.79. The van der Waals surface area contributed by atoms with Gasteiger partial charge in [-0.2, -0.15) is 4.98 Å². The Kier molecular flexibility index (Phi) is 4.14. The Balaban J connectivity index is 2.01. The van der Waals surface area contributed by atoms with Crippen molar-refractivity contribution >= 4 is 23.1 Å². The van der Waals surface area contributed by atoms with Gasteiger partial charge in [-0.1, -0.05) is 30.3 Å². The first-order chi connectivity index (χ1) is 11.9. The van der Waals surface area contributed by atoms with E-state index in [4.69, 9.17) is 0 Å². The monoisotopic (exact) mass is 343 g/mol. The maximum atomic E-state index is 12.0. The summed E-state index contributed by atoms with van der Waals surface area (Å²) in [4.78, 5) is 41.7. The molecule has 0 saturated carbocycles. The Hall–Kier alpha value is -3.36. The van der Waals surface area contributed by atoms with Crippen LogP contribution in [0.5, 0.6) is 0 Å². The van der Waals surface area contributed by atoms with E-state index in [0.717, 1.165) is 5.56 Å². The zero-order chi connectivity index (χ0) is 18.1. The van der Waals surface area contributed by atoms with Crippen LogP contribution in [0.4, 0.5) is 5.95 Å². The molecule has 3 rings (SSSR count). The van der Waals surface area contributed by atoms with Crippen LogP contribution < -0.4 is 16.6 Å². The lowest BCUT2D eigenvalue weighted by molar-refractivity contribution is -0.137. The third-order valence-corrected chi connectivity index (χ3v) is 4.02. The quantitative estimate of drug-likeness (QED) is 0.602. The lowest BCUT2D eigenvalue weighted by atomic mass is 10.1. The third kappa shape index (κ3) is 3.03. The highest BCUT2D eigenvalue weighted by atomic mass is 16.4. The summed E-state index contributed by atoms with van der Waals surface area (Å²) in [6.45, 7) is 0. The smallest absolute Gasteiger partial charge is 0.329 e. The SMILES string of the molecule is Cn1c(NC(Cc2ccccc2)C(=O)O)nc2c1c(=O)[nH]c(=O)n2C. The van der Waals surface area contributed by atoms with E-state index in [-0.39, 0.29) is 23.5 Å². The van der Waals surface area contributed by atoms with E-state index < -0.39 is 23.3 Å². The molecule has 2 heterocycles. The molecule has 0 radical (unpaired) electrons. The van der Waals surface area contributed by atoms with Crippen molar-refractivity contribution in [1.29, 1.82) is 0 Å². The molecule has 0 saturated heterocycles. The summed E-state index contributed by atoms with van der Waals surface area (Å²) in [7, 11) is 3.06. The molecule has 1 unspecified atom stereocenters. The number of anilines is 1. The molecule has 0 amide bonds. The van der Waals surface area contributed by atoms with Gasteiger partial charge in [0.1, 0.15) is 6.04 Å². The Labute approximate surface area is 141 Å². The van der Waals surface area contributed by atoms with Crippen molar-refractivity contribution < 1.29 is 9.90 Å². The van der Waals surface area contributed by atoms with E-state index in [9.17, 15) is 19.5 Å². The van der Waals surface area contributed by atoms with Crippen LogP contribution in [0.3, 0.4) is 0 Å². The molecule has 2 aromatic heterocycles. The van der Waals surface area contributed by atoms with Gasteiger partial charge in [0, 0.05) is 20.5 Å². The molecule has 0 aliphatic rings. The minimum atomic E-state index is -1.04. The first-order valence-corrected chi connectivity index (χ1v) is 7.57. The van der Waals surface area contributed by atoms with Crippen LogP contribution in [-0.4, -0.2) is 36.2 Å². The number of fused-ring (bicyclic) bond motifs is 1. The summed E-state index contributed by atoms with van der Waals surface area (Å²) in [5, 5.41) is 12.3. The maximum absolute atomic E-state index is 12.0. The van der Waals surface area contributed by atoms with Crippen molar-refractivity contribution in [2.45, 2.75) is 12.5 Å². The van der Waals surface area contributed by atoms with Crippen molar-refractivity contribution in [2.75, 3.05) is 5.32 Å². The van der Waals surface area contributed by atoms with Gasteiger partial charge in [0.05, 0.1) is 0 Å². The summed E-state index contributed by atoms with van der Waals surface area (Å²) < 4.78 is 2.64. The number of hydrogen-bond donors (Lipinski definition) is 3. The predicted molar refractivity (Wildman–Crippen MR) is 91.8 cm³/mol. The minimum absolute atomic E-state index is 0.183. The Morgan fingerprint density at radius 2 is 1.92 bits per heavy atom. The topological polar surface area (TPSA) is 122 Å². The summed E-state index contributed by atoms with van der Waals surface area (Å²) in [5.41, 5.74) is 0.0692. The molecular weight excluding hydrogens is 326 g/mol. The second-order valence-corrected chi connectivity index (χ2v) is 5.71. The number of nitrogens with zero attached hydrogens (tertiary/aromatic N) is 3. The highest BCUT2D eigenvalue weighted by Crippen LogP contribution is 2.15. The minimum Gasteiger partial charge on any atom is -0.480 e. The first kappa shape index (κ1) is 16.5. The second kappa shape index (κ2) is 6.27. The van der Waals surface area contributed by atoms with Gasteiger partial charge < -0.3 is 15.0 Å². The zero-order valence-electron chi connectivity index (χ0n) is 13.7. The number of aryl methyl sites for hydroxylation is 2. The molecule has 25 heavy (non-hydrogen) atoms. The van der Waals surface area contributed by atoms with E-state index >= 15 is 0 Å². The van der Waals surface area contributed by atoms with Gasteiger partial charge in [0.25, 0.3) is 5.56 Å². The molecule has 1 atom stereocenters. The van der Waals surface area contributed by atoms with E-state index in [1.54, 1.807) is 7.05 Å². The average molecular weight is 343 g/mol. The summed E-state index contributed by atoms with van der Waals surface area (Å²) in [5.74, 6) is -0.844. The third-order valence-electron chi connectivity index (χ3n) is 4.02. The number of nitrogens with one attached hydrogen (secondary N) is 2. The maximum Gasteiger partial charge on any atom is 0.329 e. The lowest BCUT2D eigenvalue weighted by Crippen LogP contribution is -2.32. The summed E-state index contributed by atoms with van der Waals surface area (Å²) in [6, 6.07) is 8.25. The fraction of sp³-hybridized carbons (Fsp3) is 0.250. The number of aliphatic carboxylic acids is 1. The lowest BCUT2D eigenvalue weighted by Gasteiger charge is -2.15. The Bertz CT molecular complexity index is 1050. The van der Waals surface area contributed by atoms with Crippen LogP contribution in [0, 0.1) is 0 Å². The fourth-order valence-electron chi connectivity index (χ4n) is 2.64. The predicted octanol–water partition coefficient (Wildman–Crippen LogP) is 0.0681. The number of imidazole rings is 1. The molecule has 0 spiro atoms. The molecule has 0 fully saturated rings. The largest absolute Gasteiger partial charge is 0.480 e. The standard InChI is InChI=1S/C16H17N5O4/c1-20-11-12(21(2)16(25)19-13(11)22)18-15(20)17-10(14(23)24)8-9-6-4-3-5-7-9/h3-7,10H,8H2,1-2H3,(H,17,18)(H,23,24)(H,19,22,25). The van der Waals surface area contributed by atoms with Crippen LogP contribution in [0.1, 0.15) is 5.56 Å². The fourth-order valence-corrected chi connectivity index (χ4v) is 2.64. The number of carboxylic acids is 1. The Morgan fingerprint density at radius 1 is 1.24 bits per heavy atom. The molecule has 9 nitrogen and oxygen atoms in total. The van der Waals surface area contributed by atoms with Gasteiger partial charge in [0.15, 0.2) is 11.2 Å². The van der Waals surface area contributed by atoms with Gasteiger partial charge in [-0.05, 0) is 5.56 Å². The number of H-pyrrole nitrogens is 1. The van der Waals surface area contributed by atoms with Gasteiger partial charge in [-0.25, -0.2) is 9.59 Å². The summed E-state index contributed by atoms with van der Waals surface area (Å²) in [6.07, 6.45) is 0.245. The number of hydrogen-bond acceptors (Lipinski definition) is 5. The molecule has 130 valence electrons. The average Bonchev–Trinajstić information content (AvgIpc) is 2.90. The van der Waals surface area contributed by atoms with Gasteiger partial charge in [-0.15, -0.1) is 0 Å². The van der Waals surface area contributed by atoms with E-state index in [2.05, 4.69) is 15.3 Å². The van der Waals surface area contributed by atoms with Crippen LogP contribution in [0.25, 0.3) is 11.2 Å². The number of benzene rings is 1. The first-order valence-electron chi connectivity index (χ1n) is 7.57. The summed E-state index contributed by atoms with van der Waals surface area (Å²) >= 11 is 0. The molecule has 3 aromatic rings. The van der Waals surface area contributed by atoms with Crippen molar-refractivity contribution in [3.8, 4) is 0 Å². The van der Waals surface area contributed by atoms with Gasteiger partial charge in [0.2, 0.25) is 5.95 Å². The molecule has 9 heteroatoms. The highest BCUT2D eigenvalue weighted by Gasteiger charge is 2.22. The Morgan fingerprint density at radius 3 is 2.56 bits per heavy atom. The number of aromatic nitrogens is 4. The number of carbonyl (C=O) groups is 1. The van der Waals surface area contributed by atoms with Crippen LogP contribution in [-0.2, 0) is 25.3 Å². The van der Waals surface area contributed by atoms with Crippen LogP contribution in [0.15, 0.2) is 39.9 Å². The molecule has 0 aliphatic carbocycles. The van der Waals surface area contributed by atoms with Crippen LogP contribution in [0.2, 0.25) is 0 Å². The van der Waals surface area contributed by atoms with Crippen molar-refractivity contribution in [3.05, 3.63) is 56.7 Å². The molecule has 0 aliphatic heterocycles. The second-order valence-electron chi connectivity index (χ2n) is 5.71. The number of carboxylic acid groups (broad SMARTS) is 1. The number of aromatic amines is 1.